The van der Waals surface area contributed by atoms with Crippen LogP contribution in [0.15, 0.2) is 58.4 Å². The smallest absolute Gasteiger partial charge is 0.326 e. The van der Waals surface area contributed by atoms with Crippen molar-refractivity contribution in [3.8, 4) is 5.75 Å². The number of nitro groups is 1. The molecule has 2 aromatic carbocycles. The summed E-state index contributed by atoms with van der Waals surface area (Å²) in [4.78, 5) is 64.5. The number of carbonyl (C=O) groups is 3. The van der Waals surface area contributed by atoms with Gasteiger partial charge in [0.25, 0.3) is 5.69 Å². The summed E-state index contributed by atoms with van der Waals surface area (Å²) in [6.07, 6.45) is 0. The van der Waals surface area contributed by atoms with E-state index in [1.807, 2.05) is 0 Å². The summed E-state index contributed by atoms with van der Waals surface area (Å²) in [5.41, 5.74) is 0.765. The molecule has 0 aliphatic carbocycles. The van der Waals surface area contributed by atoms with Crippen molar-refractivity contribution in [1.82, 2.24) is 4.57 Å². The first-order chi connectivity index (χ1) is 18.2. The van der Waals surface area contributed by atoms with Crippen molar-refractivity contribution in [1.29, 1.82) is 0 Å². The van der Waals surface area contributed by atoms with E-state index in [4.69, 9.17) is 9.47 Å². The molecule has 0 saturated carbocycles. The largest absolute Gasteiger partial charge is 0.497 e. The minimum atomic E-state index is -0.875. The Morgan fingerprint density at radius 3 is 2.34 bits per heavy atom. The third-order valence-corrected chi connectivity index (χ3v) is 9.04. The number of aromatic nitrogens is 1. The number of anilines is 1. The number of imide groups is 1. The zero-order chi connectivity index (χ0) is 27.1. The van der Waals surface area contributed by atoms with Crippen LogP contribution in [0.1, 0.15) is 23.3 Å². The van der Waals surface area contributed by atoms with Gasteiger partial charge in [0.05, 0.1) is 35.3 Å². The third-order valence-electron chi connectivity index (χ3n) is 6.44. The topological polar surface area (TPSA) is 138 Å². The Kier molecular flexibility index (Phi) is 6.80. The lowest BCUT2D eigenvalue weighted by Gasteiger charge is -2.30. The molecule has 0 spiro atoms. The van der Waals surface area contributed by atoms with Gasteiger partial charge in [0.2, 0.25) is 11.8 Å². The fraction of sp³-hybridized carbons (Fsp3) is 0.280. The Morgan fingerprint density at radius 1 is 1.05 bits per heavy atom. The number of nitrogens with zero attached hydrogens (tertiary/aromatic N) is 3. The van der Waals surface area contributed by atoms with Crippen LogP contribution in [0, 0.1) is 16.0 Å². The van der Waals surface area contributed by atoms with Crippen molar-refractivity contribution in [3.05, 3.63) is 78.8 Å². The number of esters is 1. The summed E-state index contributed by atoms with van der Waals surface area (Å²) < 4.78 is 11.6. The predicted octanol–water partition coefficient (Wildman–Crippen LogP) is 3.19. The maximum Gasteiger partial charge on any atom is 0.326 e. The van der Waals surface area contributed by atoms with Gasteiger partial charge in [-0.15, -0.1) is 0 Å². The molecule has 196 valence electrons. The molecule has 2 unspecified atom stereocenters. The third kappa shape index (κ3) is 4.27. The normalized spacial score (nSPS) is 20.2. The van der Waals surface area contributed by atoms with Gasteiger partial charge >= 0.3 is 10.8 Å². The van der Waals surface area contributed by atoms with Crippen molar-refractivity contribution in [3.63, 3.8) is 0 Å². The summed E-state index contributed by atoms with van der Waals surface area (Å²) in [6, 6.07) is 12.2. The molecule has 38 heavy (non-hydrogen) atoms. The minimum absolute atomic E-state index is 0.156. The molecule has 2 amide bonds. The van der Waals surface area contributed by atoms with E-state index >= 15 is 0 Å². The van der Waals surface area contributed by atoms with Gasteiger partial charge < -0.3 is 9.47 Å². The monoisotopic (exact) mass is 555 g/mol. The van der Waals surface area contributed by atoms with Crippen molar-refractivity contribution in [2.45, 2.75) is 29.7 Å². The molecule has 2 aliphatic rings. The number of hydrogen-bond acceptors (Lipinski definition) is 10. The molecule has 3 atom stereocenters. The number of ether oxygens (including phenoxy) is 2. The summed E-state index contributed by atoms with van der Waals surface area (Å²) in [5, 5.41) is 10.6. The zero-order valence-corrected chi connectivity index (χ0v) is 21.8. The van der Waals surface area contributed by atoms with Crippen LogP contribution in [0.25, 0.3) is 0 Å². The van der Waals surface area contributed by atoms with E-state index in [9.17, 15) is 29.3 Å². The van der Waals surface area contributed by atoms with Crippen LogP contribution in [0.2, 0.25) is 0 Å². The van der Waals surface area contributed by atoms with Crippen molar-refractivity contribution >= 4 is 52.3 Å². The number of fused-ring (bicyclic) bond motifs is 2. The lowest BCUT2D eigenvalue weighted by Crippen LogP contribution is -2.32. The van der Waals surface area contributed by atoms with Crippen molar-refractivity contribution in [2.24, 2.45) is 5.92 Å². The zero-order valence-electron chi connectivity index (χ0n) is 20.2. The standard InChI is InChI=1S/C25H21N3O8S2/c1-3-36-17(29)12-26-24-21(38-25(26)32)18(13-4-10-16(35-2)11-5-13)19-20(37-24)23(31)27(22(19)30)14-6-8-15(9-7-14)28(33)34/h4-11,18-20H,3,12H2,1-2H3/t18-,19?,20?/m1/s1. The van der Waals surface area contributed by atoms with Gasteiger partial charge in [-0.2, -0.15) is 0 Å². The van der Waals surface area contributed by atoms with E-state index in [1.165, 1.54) is 35.9 Å². The molecular formula is C25H21N3O8S2. The second kappa shape index (κ2) is 10.1. The summed E-state index contributed by atoms with van der Waals surface area (Å²) >= 11 is 2.01. The number of non-ortho nitro benzene ring substituents is 1. The van der Waals surface area contributed by atoms with E-state index in [0.29, 0.717) is 21.2 Å². The second-order valence-electron chi connectivity index (χ2n) is 8.53. The SMILES string of the molecule is CCOC(=O)Cn1c2c(sc1=O)[C@H](c1ccc(OC)cc1)C1C(=O)N(c3ccc([N+](=O)[O-])cc3)C(=O)C1S2. The molecule has 2 aliphatic heterocycles. The fourth-order valence-electron chi connectivity index (χ4n) is 4.74. The van der Waals surface area contributed by atoms with Crippen LogP contribution >= 0.6 is 23.1 Å². The summed E-state index contributed by atoms with van der Waals surface area (Å²) in [6.45, 7) is 1.51. The Morgan fingerprint density at radius 2 is 1.74 bits per heavy atom. The Labute approximate surface area is 224 Å². The average Bonchev–Trinajstić information content (AvgIpc) is 3.35. The lowest BCUT2D eigenvalue weighted by atomic mass is 9.83. The minimum Gasteiger partial charge on any atom is -0.497 e. The molecule has 0 bridgehead atoms. The average molecular weight is 556 g/mol. The number of benzene rings is 2. The van der Waals surface area contributed by atoms with E-state index in [-0.39, 0.29) is 29.4 Å². The van der Waals surface area contributed by atoms with Crippen LogP contribution in [-0.2, 0) is 25.7 Å². The fourth-order valence-corrected chi connectivity index (χ4v) is 7.51. The number of thioether (sulfide) groups is 1. The molecule has 5 rings (SSSR count). The van der Waals surface area contributed by atoms with Crippen LogP contribution in [0.5, 0.6) is 5.75 Å². The van der Waals surface area contributed by atoms with Crippen LogP contribution in [0.3, 0.4) is 0 Å². The highest BCUT2D eigenvalue weighted by atomic mass is 32.2. The molecule has 11 nitrogen and oxygen atoms in total. The molecule has 1 aromatic heterocycles. The molecule has 0 N–H and O–H groups in total. The van der Waals surface area contributed by atoms with E-state index in [2.05, 4.69) is 0 Å². The predicted molar refractivity (Wildman–Crippen MR) is 139 cm³/mol. The highest BCUT2D eigenvalue weighted by molar-refractivity contribution is 8.00. The van der Waals surface area contributed by atoms with Crippen LogP contribution < -0.4 is 14.5 Å². The number of hydrogen-bond donors (Lipinski definition) is 0. The summed E-state index contributed by atoms with van der Waals surface area (Å²) in [5.74, 6) is -2.42. The number of amides is 2. The van der Waals surface area contributed by atoms with Gasteiger partial charge in [-0.1, -0.05) is 35.2 Å². The van der Waals surface area contributed by atoms with Gasteiger partial charge in [-0.05, 0) is 36.8 Å². The Hall–Kier alpha value is -3.97. The number of methoxy groups -OCH3 is 1. The molecular weight excluding hydrogens is 534 g/mol. The molecule has 3 aromatic rings. The maximum absolute atomic E-state index is 13.8. The molecule has 1 saturated heterocycles. The lowest BCUT2D eigenvalue weighted by molar-refractivity contribution is -0.384. The Balaban J connectivity index is 1.61. The van der Waals surface area contributed by atoms with E-state index < -0.39 is 39.8 Å². The maximum atomic E-state index is 13.8. The van der Waals surface area contributed by atoms with E-state index in [1.54, 1.807) is 31.2 Å². The van der Waals surface area contributed by atoms with Gasteiger partial charge in [0.15, 0.2) is 0 Å². The molecule has 0 radical (unpaired) electrons. The second-order valence-corrected chi connectivity index (χ2v) is 10.7. The molecule has 13 heteroatoms. The Bertz CT molecular complexity index is 1500. The summed E-state index contributed by atoms with van der Waals surface area (Å²) in [7, 11) is 1.53. The van der Waals surface area contributed by atoms with Crippen molar-refractivity contribution < 1.29 is 28.8 Å². The first kappa shape index (κ1) is 25.7. The van der Waals surface area contributed by atoms with Crippen LogP contribution in [-0.4, -0.2) is 46.2 Å². The number of nitro benzene ring substituents is 1. The van der Waals surface area contributed by atoms with E-state index in [0.717, 1.165) is 28.0 Å². The van der Waals surface area contributed by atoms with Gasteiger partial charge in [-0.25, -0.2) is 4.90 Å². The highest BCUT2D eigenvalue weighted by Gasteiger charge is 2.56. The first-order valence-corrected chi connectivity index (χ1v) is 13.3. The quantitative estimate of drug-likeness (QED) is 0.186. The number of carbonyl (C=O) groups excluding carboxylic acids is 3. The molecule has 3 heterocycles. The number of rotatable bonds is 7. The van der Waals surface area contributed by atoms with Gasteiger partial charge in [0, 0.05) is 22.9 Å². The van der Waals surface area contributed by atoms with Gasteiger partial charge in [-0.3, -0.25) is 33.9 Å². The highest BCUT2D eigenvalue weighted by Crippen LogP contribution is 2.54. The van der Waals surface area contributed by atoms with Gasteiger partial charge in [0.1, 0.15) is 17.5 Å². The van der Waals surface area contributed by atoms with Crippen LogP contribution in [0.4, 0.5) is 11.4 Å². The molecule has 1 fully saturated rings. The first-order valence-electron chi connectivity index (χ1n) is 11.6. The van der Waals surface area contributed by atoms with Crippen molar-refractivity contribution in [2.75, 3.05) is 18.6 Å². The number of thiazole rings is 1.